The van der Waals surface area contributed by atoms with Crippen LogP contribution in [0.2, 0.25) is 0 Å². The Bertz CT molecular complexity index is 868. The quantitative estimate of drug-likeness (QED) is 0.0283. The summed E-state index contributed by atoms with van der Waals surface area (Å²) in [6, 6.07) is 0. The molecule has 0 radical (unpaired) electrons. The monoisotopic (exact) mass is 819 g/mol. The molecule has 0 bridgehead atoms. The Kier molecular flexibility index (Phi) is 40.9. The first-order valence-electron chi connectivity index (χ1n) is 24.3. The zero-order chi connectivity index (χ0) is 41.3. The van der Waals surface area contributed by atoms with Gasteiger partial charge in [-0.3, -0.25) is 13.8 Å². The molecule has 0 aromatic heterocycles. The number of carbonyl (C=O) groups is 1. The molecule has 0 aliphatic carbocycles. The number of esters is 1. The molecule has 0 aliphatic heterocycles. The van der Waals surface area contributed by atoms with Crippen LogP contribution in [0.4, 0.5) is 0 Å². The van der Waals surface area contributed by atoms with Crippen LogP contribution in [-0.2, 0) is 27.9 Å². The second kappa shape index (κ2) is 41.2. The van der Waals surface area contributed by atoms with Gasteiger partial charge in [-0.15, -0.1) is 0 Å². The Labute approximate surface area is 348 Å². The van der Waals surface area contributed by atoms with Gasteiger partial charge in [0.1, 0.15) is 19.3 Å². The molecule has 0 fully saturated rings. The van der Waals surface area contributed by atoms with Gasteiger partial charge in [-0.25, -0.2) is 4.57 Å². The van der Waals surface area contributed by atoms with Crippen LogP contribution in [0, 0.1) is 0 Å². The molecule has 0 aliphatic rings. The molecule has 0 saturated heterocycles. The van der Waals surface area contributed by atoms with E-state index in [0.717, 1.165) is 32.1 Å². The lowest BCUT2D eigenvalue weighted by Gasteiger charge is -2.24. The van der Waals surface area contributed by atoms with Crippen molar-refractivity contribution in [2.24, 2.45) is 0 Å². The van der Waals surface area contributed by atoms with Crippen molar-refractivity contribution in [3.63, 3.8) is 0 Å². The molecule has 0 amide bonds. The second-order valence-electron chi connectivity index (χ2n) is 17.9. The normalized spacial score (nSPS) is 13.6. The van der Waals surface area contributed by atoms with E-state index in [1.807, 2.05) is 21.1 Å². The van der Waals surface area contributed by atoms with E-state index in [0.29, 0.717) is 24.1 Å². The van der Waals surface area contributed by atoms with Crippen LogP contribution in [0.1, 0.15) is 239 Å². The molecule has 0 spiro atoms. The molecule has 9 heteroatoms. The Hall–Kier alpha value is -0.500. The van der Waals surface area contributed by atoms with Gasteiger partial charge in [-0.2, -0.15) is 0 Å². The number of carbonyl (C=O) groups excluding carboxylic acids is 1. The molecule has 8 nitrogen and oxygen atoms in total. The molecule has 2 unspecified atom stereocenters. The van der Waals surface area contributed by atoms with E-state index in [9.17, 15) is 14.3 Å². The SMILES string of the molecule is CCCCCCCCCCCCCCCCCCCCCCCCCCOCC(COP(=O)(O)OCC[N+](C)(C)C)OC(=O)CCCCCCCCCCCC. The zero-order valence-corrected chi connectivity index (χ0v) is 39.0. The molecule has 0 saturated carbocycles. The summed E-state index contributed by atoms with van der Waals surface area (Å²) >= 11 is 0. The van der Waals surface area contributed by atoms with Crippen molar-refractivity contribution in [2.75, 3.05) is 54.1 Å². The third kappa shape index (κ3) is 44.6. The third-order valence-corrected chi connectivity index (χ3v) is 11.9. The summed E-state index contributed by atoms with van der Waals surface area (Å²) in [4.78, 5) is 22.8. The van der Waals surface area contributed by atoms with Gasteiger partial charge in [-0.1, -0.05) is 219 Å². The molecule has 2 atom stereocenters. The van der Waals surface area contributed by atoms with Gasteiger partial charge < -0.3 is 18.9 Å². The number of rotatable bonds is 46. The maximum Gasteiger partial charge on any atom is 0.472 e. The topological polar surface area (TPSA) is 91.3 Å². The highest BCUT2D eigenvalue weighted by atomic mass is 31.2. The molecule has 0 rings (SSSR count). The molecule has 0 aromatic carbocycles. The predicted molar refractivity (Wildman–Crippen MR) is 238 cm³/mol. The molecular formula is C47H97NO7P+. The average Bonchev–Trinajstić information content (AvgIpc) is 3.15. The van der Waals surface area contributed by atoms with E-state index in [1.165, 1.54) is 186 Å². The lowest BCUT2D eigenvalue weighted by molar-refractivity contribution is -0.870. The molecule has 1 N–H and O–H groups in total. The van der Waals surface area contributed by atoms with Crippen LogP contribution in [0.5, 0.6) is 0 Å². The Morgan fingerprint density at radius 2 is 0.821 bits per heavy atom. The van der Waals surface area contributed by atoms with Crippen molar-refractivity contribution >= 4 is 13.8 Å². The van der Waals surface area contributed by atoms with Gasteiger partial charge in [0.2, 0.25) is 0 Å². The highest BCUT2D eigenvalue weighted by molar-refractivity contribution is 7.47. The van der Waals surface area contributed by atoms with E-state index in [-0.39, 0.29) is 25.8 Å². The summed E-state index contributed by atoms with van der Waals surface area (Å²) in [5.74, 6) is -0.310. The van der Waals surface area contributed by atoms with E-state index in [4.69, 9.17) is 18.5 Å². The number of phosphoric acid groups is 1. The zero-order valence-electron chi connectivity index (χ0n) is 38.2. The minimum absolute atomic E-state index is 0.0938. The summed E-state index contributed by atoms with van der Waals surface area (Å²) in [5.41, 5.74) is 0. The summed E-state index contributed by atoms with van der Waals surface area (Å²) in [6.45, 7) is 5.67. The largest absolute Gasteiger partial charge is 0.472 e. The summed E-state index contributed by atoms with van der Waals surface area (Å²) < 4.78 is 35.0. The van der Waals surface area contributed by atoms with Crippen molar-refractivity contribution in [3.8, 4) is 0 Å². The number of ether oxygens (including phenoxy) is 2. The van der Waals surface area contributed by atoms with Crippen LogP contribution in [0.25, 0.3) is 0 Å². The third-order valence-electron chi connectivity index (χ3n) is 10.9. The lowest BCUT2D eigenvalue weighted by atomic mass is 10.0. The summed E-state index contributed by atoms with van der Waals surface area (Å²) in [5, 5.41) is 0. The molecule has 336 valence electrons. The van der Waals surface area contributed by atoms with Crippen molar-refractivity contribution in [2.45, 2.75) is 245 Å². The Morgan fingerprint density at radius 3 is 1.18 bits per heavy atom. The molecule has 0 heterocycles. The van der Waals surface area contributed by atoms with Crippen molar-refractivity contribution in [3.05, 3.63) is 0 Å². The first-order chi connectivity index (χ1) is 27.1. The van der Waals surface area contributed by atoms with Gasteiger partial charge in [0.25, 0.3) is 0 Å². The smallest absolute Gasteiger partial charge is 0.457 e. The van der Waals surface area contributed by atoms with E-state index in [1.54, 1.807) is 0 Å². The number of quaternary nitrogens is 1. The maximum absolute atomic E-state index is 12.6. The minimum Gasteiger partial charge on any atom is -0.457 e. The predicted octanol–water partition coefficient (Wildman–Crippen LogP) is 14.4. The fraction of sp³-hybridized carbons (Fsp3) is 0.979. The highest BCUT2D eigenvalue weighted by Crippen LogP contribution is 2.43. The van der Waals surface area contributed by atoms with Crippen LogP contribution in [0.3, 0.4) is 0 Å². The van der Waals surface area contributed by atoms with Crippen molar-refractivity contribution in [1.82, 2.24) is 0 Å². The number of hydrogen-bond acceptors (Lipinski definition) is 6. The number of phosphoric ester groups is 1. The van der Waals surface area contributed by atoms with E-state index >= 15 is 0 Å². The van der Waals surface area contributed by atoms with Crippen LogP contribution in [0.15, 0.2) is 0 Å². The van der Waals surface area contributed by atoms with Gasteiger partial charge in [-0.05, 0) is 12.8 Å². The highest BCUT2D eigenvalue weighted by Gasteiger charge is 2.26. The number of nitrogens with zero attached hydrogens (tertiary/aromatic N) is 1. The van der Waals surface area contributed by atoms with Gasteiger partial charge in [0, 0.05) is 13.0 Å². The van der Waals surface area contributed by atoms with E-state index < -0.39 is 13.9 Å². The molecular weight excluding hydrogens is 721 g/mol. The van der Waals surface area contributed by atoms with Crippen molar-refractivity contribution < 1.29 is 37.3 Å². The number of hydrogen-bond donors (Lipinski definition) is 1. The summed E-state index contributed by atoms with van der Waals surface area (Å²) in [6.07, 6.45) is 44.4. The standard InChI is InChI=1S/C47H96NO7P/c1-6-8-10-12-14-16-18-19-20-21-22-23-24-25-26-27-28-29-30-31-33-35-37-39-42-52-44-46(45-54-56(50,51)53-43-41-48(3,4)5)55-47(49)40-38-36-34-32-17-15-13-11-9-7-2/h46H,6-45H2,1-5H3/p+1. The van der Waals surface area contributed by atoms with E-state index in [2.05, 4.69) is 13.8 Å². The second-order valence-corrected chi connectivity index (χ2v) is 19.3. The van der Waals surface area contributed by atoms with Gasteiger partial charge in [0.15, 0.2) is 0 Å². The first kappa shape index (κ1) is 55.5. The van der Waals surface area contributed by atoms with Crippen LogP contribution < -0.4 is 0 Å². The Morgan fingerprint density at radius 1 is 0.482 bits per heavy atom. The molecule has 0 aromatic rings. The van der Waals surface area contributed by atoms with Gasteiger partial charge in [0.05, 0.1) is 34.4 Å². The van der Waals surface area contributed by atoms with Crippen LogP contribution in [-0.4, -0.2) is 75.6 Å². The fourth-order valence-corrected chi connectivity index (χ4v) is 7.89. The van der Waals surface area contributed by atoms with Crippen molar-refractivity contribution in [1.29, 1.82) is 0 Å². The fourth-order valence-electron chi connectivity index (χ4n) is 7.14. The van der Waals surface area contributed by atoms with Gasteiger partial charge >= 0.3 is 13.8 Å². The molecule has 56 heavy (non-hydrogen) atoms. The minimum atomic E-state index is -4.26. The first-order valence-corrected chi connectivity index (χ1v) is 25.8. The summed E-state index contributed by atoms with van der Waals surface area (Å²) in [7, 11) is 1.69. The van der Waals surface area contributed by atoms with Crippen LogP contribution >= 0.6 is 7.82 Å². The number of likely N-dealkylation sites (N-methyl/N-ethyl adjacent to an activating group) is 1. The lowest BCUT2D eigenvalue weighted by Crippen LogP contribution is -2.37. The maximum atomic E-state index is 12.6. The Balaban J connectivity index is 3.97. The average molecular weight is 819 g/mol. The number of unbranched alkanes of at least 4 members (excludes halogenated alkanes) is 32.